The van der Waals surface area contributed by atoms with Crippen LogP contribution in [0.4, 0.5) is 0 Å². The van der Waals surface area contributed by atoms with Crippen LogP contribution in [0.25, 0.3) is 10.9 Å². The number of benzene rings is 1. The van der Waals surface area contributed by atoms with Gasteiger partial charge in [0.1, 0.15) is 0 Å². The Balaban J connectivity index is 1.52. The summed E-state index contributed by atoms with van der Waals surface area (Å²) in [4.78, 5) is 18.8. The molecular weight excluding hydrogens is 290 g/mol. The standard InChI is InChI=1S/C18H23N3O2/c22-13-14-3-2-9-21(12-14)10-8-20-18(23)16-5-6-17-15(11-16)4-1-7-19-17/h1,4-7,11,14,22H,2-3,8-10,12-13H2,(H,20,23)/t14-/m0/s1. The quantitative estimate of drug-likeness (QED) is 0.881. The molecule has 0 bridgehead atoms. The zero-order chi connectivity index (χ0) is 16.1. The summed E-state index contributed by atoms with van der Waals surface area (Å²) in [6.07, 6.45) is 3.97. The first kappa shape index (κ1) is 15.9. The fourth-order valence-corrected chi connectivity index (χ4v) is 3.15. The molecule has 2 N–H and O–H groups in total. The van der Waals surface area contributed by atoms with E-state index in [0.717, 1.165) is 43.4 Å². The number of amides is 1. The van der Waals surface area contributed by atoms with E-state index in [1.54, 1.807) is 6.20 Å². The lowest BCUT2D eigenvalue weighted by atomic mass is 9.99. The number of rotatable bonds is 5. The van der Waals surface area contributed by atoms with Gasteiger partial charge in [0.2, 0.25) is 0 Å². The Morgan fingerprint density at radius 1 is 1.39 bits per heavy atom. The van der Waals surface area contributed by atoms with Crippen LogP contribution in [-0.4, -0.2) is 53.7 Å². The number of hydrogen-bond acceptors (Lipinski definition) is 4. The molecule has 1 aliphatic rings. The van der Waals surface area contributed by atoms with E-state index in [4.69, 9.17) is 0 Å². The van der Waals surface area contributed by atoms with Crippen molar-refractivity contribution in [3.05, 3.63) is 42.1 Å². The third-order valence-electron chi connectivity index (χ3n) is 4.44. The lowest BCUT2D eigenvalue weighted by Gasteiger charge is -2.31. The third kappa shape index (κ3) is 4.06. The summed E-state index contributed by atoms with van der Waals surface area (Å²) in [6, 6.07) is 9.40. The molecule has 2 aromatic rings. The van der Waals surface area contributed by atoms with Crippen molar-refractivity contribution in [3.63, 3.8) is 0 Å². The highest BCUT2D eigenvalue weighted by atomic mass is 16.3. The van der Waals surface area contributed by atoms with Crippen LogP contribution in [0, 0.1) is 5.92 Å². The molecule has 1 aromatic heterocycles. The van der Waals surface area contributed by atoms with Gasteiger partial charge in [-0.1, -0.05) is 6.07 Å². The lowest BCUT2D eigenvalue weighted by molar-refractivity contribution is 0.0931. The van der Waals surface area contributed by atoms with Crippen LogP contribution in [0.5, 0.6) is 0 Å². The minimum absolute atomic E-state index is 0.0496. The first-order valence-electron chi connectivity index (χ1n) is 8.22. The number of carbonyl (C=O) groups is 1. The van der Waals surface area contributed by atoms with Gasteiger partial charge in [-0.15, -0.1) is 0 Å². The Morgan fingerprint density at radius 2 is 2.30 bits per heavy atom. The van der Waals surface area contributed by atoms with Crippen LogP contribution in [0.1, 0.15) is 23.2 Å². The second-order valence-corrected chi connectivity index (χ2v) is 6.16. The maximum Gasteiger partial charge on any atom is 0.251 e. The minimum atomic E-state index is -0.0496. The van der Waals surface area contributed by atoms with Crippen molar-refractivity contribution in [3.8, 4) is 0 Å². The monoisotopic (exact) mass is 313 g/mol. The Hall–Kier alpha value is -1.98. The van der Waals surface area contributed by atoms with Gasteiger partial charge in [0.25, 0.3) is 5.91 Å². The largest absolute Gasteiger partial charge is 0.396 e. The minimum Gasteiger partial charge on any atom is -0.396 e. The Morgan fingerprint density at radius 3 is 3.17 bits per heavy atom. The summed E-state index contributed by atoms with van der Waals surface area (Å²) in [6.45, 7) is 3.69. The van der Waals surface area contributed by atoms with Crippen molar-refractivity contribution in [2.24, 2.45) is 5.92 Å². The van der Waals surface area contributed by atoms with Crippen molar-refractivity contribution in [1.82, 2.24) is 15.2 Å². The third-order valence-corrected chi connectivity index (χ3v) is 4.44. The first-order valence-corrected chi connectivity index (χ1v) is 8.22. The molecule has 1 fully saturated rings. The van der Waals surface area contributed by atoms with Gasteiger partial charge in [-0.3, -0.25) is 9.78 Å². The van der Waals surface area contributed by atoms with Crippen LogP contribution < -0.4 is 5.32 Å². The average Bonchev–Trinajstić information content (AvgIpc) is 2.61. The second-order valence-electron chi connectivity index (χ2n) is 6.16. The molecule has 0 aliphatic carbocycles. The summed E-state index contributed by atoms with van der Waals surface area (Å²) in [5.41, 5.74) is 1.56. The van der Waals surface area contributed by atoms with Crippen molar-refractivity contribution < 1.29 is 9.90 Å². The van der Waals surface area contributed by atoms with Crippen molar-refractivity contribution >= 4 is 16.8 Å². The van der Waals surface area contributed by atoms with Crippen LogP contribution in [0.3, 0.4) is 0 Å². The Kier molecular flexibility index (Phi) is 5.20. The average molecular weight is 313 g/mol. The summed E-state index contributed by atoms with van der Waals surface area (Å²) in [7, 11) is 0. The predicted molar refractivity (Wildman–Crippen MR) is 90.3 cm³/mol. The first-order chi connectivity index (χ1) is 11.3. The highest BCUT2D eigenvalue weighted by Gasteiger charge is 2.18. The van der Waals surface area contributed by atoms with Gasteiger partial charge >= 0.3 is 0 Å². The molecule has 1 atom stereocenters. The molecule has 5 heteroatoms. The van der Waals surface area contributed by atoms with E-state index < -0.39 is 0 Å². The Labute approximate surface area is 136 Å². The number of hydrogen-bond donors (Lipinski definition) is 2. The summed E-state index contributed by atoms with van der Waals surface area (Å²) < 4.78 is 0. The topological polar surface area (TPSA) is 65.5 Å². The fraction of sp³-hybridized carbons (Fsp3) is 0.444. The SMILES string of the molecule is O=C(NCCN1CCC[C@H](CO)C1)c1ccc2ncccc2c1. The molecule has 23 heavy (non-hydrogen) atoms. The van der Waals surface area contributed by atoms with E-state index in [2.05, 4.69) is 15.2 Å². The highest BCUT2D eigenvalue weighted by Crippen LogP contribution is 2.15. The van der Waals surface area contributed by atoms with E-state index in [0.29, 0.717) is 18.0 Å². The number of aliphatic hydroxyl groups is 1. The van der Waals surface area contributed by atoms with Gasteiger partial charge in [0, 0.05) is 43.4 Å². The maximum absolute atomic E-state index is 12.3. The van der Waals surface area contributed by atoms with Crippen LogP contribution in [0.15, 0.2) is 36.5 Å². The molecule has 0 spiro atoms. The van der Waals surface area contributed by atoms with Gasteiger partial charge in [-0.2, -0.15) is 0 Å². The van der Waals surface area contributed by atoms with E-state index in [1.807, 2.05) is 30.3 Å². The van der Waals surface area contributed by atoms with E-state index in [1.165, 1.54) is 0 Å². The number of piperidine rings is 1. The van der Waals surface area contributed by atoms with Crippen LogP contribution in [0.2, 0.25) is 0 Å². The van der Waals surface area contributed by atoms with E-state index in [9.17, 15) is 9.90 Å². The smallest absolute Gasteiger partial charge is 0.251 e. The number of pyridine rings is 1. The maximum atomic E-state index is 12.3. The van der Waals surface area contributed by atoms with E-state index >= 15 is 0 Å². The van der Waals surface area contributed by atoms with Crippen LogP contribution >= 0.6 is 0 Å². The number of aromatic nitrogens is 1. The molecule has 5 nitrogen and oxygen atoms in total. The van der Waals surface area contributed by atoms with Gasteiger partial charge < -0.3 is 15.3 Å². The normalized spacial score (nSPS) is 18.9. The summed E-state index contributed by atoms with van der Waals surface area (Å²) in [5, 5.41) is 13.2. The molecule has 3 rings (SSSR count). The molecule has 0 saturated carbocycles. The fourth-order valence-electron chi connectivity index (χ4n) is 3.15. The van der Waals surface area contributed by atoms with Gasteiger partial charge in [0.15, 0.2) is 0 Å². The molecule has 122 valence electrons. The van der Waals surface area contributed by atoms with Gasteiger partial charge in [-0.05, 0) is 49.6 Å². The van der Waals surface area contributed by atoms with Crippen molar-refractivity contribution in [2.45, 2.75) is 12.8 Å². The number of likely N-dealkylation sites (tertiary alicyclic amines) is 1. The summed E-state index contributed by atoms with van der Waals surface area (Å²) >= 11 is 0. The molecule has 1 aromatic carbocycles. The number of aliphatic hydroxyl groups excluding tert-OH is 1. The molecule has 2 heterocycles. The number of nitrogens with zero attached hydrogens (tertiary/aromatic N) is 2. The van der Waals surface area contributed by atoms with Crippen molar-refractivity contribution in [2.75, 3.05) is 32.8 Å². The number of nitrogens with one attached hydrogen (secondary N) is 1. The lowest BCUT2D eigenvalue weighted by Crippen LogP contribution is -2.41. The number of fused-ring (bicyclic) bond motifs is 1. The zero-order valence-electron chi connectivity index (χ0n) is 13.2. The molecule has 1 amide bonds. The van der Waals surface area contributed by atoms with Gasteiger partial charge in [-0.25, -0.2) is 0 Å². The number of carbonyl (C=O) groups excluding carboxylic acids is 1. The van der Waals surface area contributed by atoms with E-state index in [-0.39, 0.29) is 12.5 Å². The predicted octanol–water partition coefficient (Wildman–Crippen LogP) is 1.67. The molecule has 1 saturated heterocycles. The molecule has 1 aliphatic heterocycles. The molecule has 0 radical (unpaired) electrons. The molecular formula is C18H23N3O2. The second kappa shape index (κ2) is 7.53. The summed E-state index contributed by atoms with van der Waals surface area (Å²) in [5.74, 6) is 0.332. The Bertz CT molecular complexity index is 674. The van der Waals surface area contributed by atoms with Crippen molar-refractivity contribution in [1.29, 1.82) is 0 Å². The van der Waals surface area contributed by atoms with Crippen LogP contribution in [-0.2, 0) is 0 Å². The zero-order valence-corrected chi connectivity index (χ0v) is 13.2. The highest BCUT2D eigenvalue weighted by molar-refractivity contribution is 5.97. The van der Waals surface area contributed by atoms with Gasteiger partial charge in [0.05, 0.1) is 5.52 Å². The molecule has 0 unspecified atom stereocenters.